The Morgan fingerprint density at radius 3 is 2.13 bits per heavy atom. The van der Waals surface area contributed by atoms with E-state index in [-0.39, 0.29) is 16.7 Å². The summed E-state index contributed by atoms with van der Waals surface area (Å²) in [6.45, 7) is 4.24. The zero-order chi connectivity index (χ0) is 20.9. The van der Waals surface area contributed by atoms with Crippen LogP contribution >= 0.6 is 0 Å². The van der Waals surface area contributed by atoms with Gasteiger partial charge in [0.1, 0.15) is 4.90 Å². The number of amides is 2. The molecule has 6 atom stereocenters. The van der Waals surface area contributed by atoms with Crippen molar-refractivity contribution in [2.45, 2.75) is 42.8 Å². The van der Waals surface area contributed by atoms with Gasteiger partial charge in [-0.25, -0.2) is 0 Å². The number of hydrogen-bond donors (Lipinski definition) is 0. The predicted molar refractivity (Wildman–Crippen MR) is 106 cm³/mol. The van der Waals surface area contributed by atoms with Crippen LogP contribution in [0.4, 0.5) is 0 Å². The Balaban J connectivity index is 1.41. The Hall–Kier alpha value is -2.55. The van der Waals surface area contributed by atoms with Gasteiger partial charge in [0.25, 0.3) is 11.8 Å². The van der Waals surface area contributed by atoms with Crippen LogP contribution in [0.2, 0.25) is 0 Å². The third-order valence-corrected chi connectivity index (χ3v) is 8.35. The summed E-state index contributed by atoms with van der Waals surface area (Å²) in [5.41, 5.74) is 2.18. The fourth-order valence-corrected chi connectivity index (χ4v) is 6.54. The van der Waals surface area contributed by atoms with E-state index in [9.17, 15) is 18.0 Å². The van der Waals surface area contributed by atoms with Crippen molar-refractivity contribution < 1.29 is 27.0 Å². The molecule has 1 aliphatic carbocycles. The Labute approximate surface area is 173 Å². The number of benzene rings is 2. The van der Waals surface area contributed by atoms with Gasteiger partial charge < -0.3 is 4.74 Å². The van der Waals surface area contributed by atoms with E-state index >= 15 is 0 Å². The SMILES string of the molecule is CC1c2cccc3c(S(=O)(=O)ON4C(=O)C5C6C=CC(O6)C5C4=O)ccc(c23)C1C. The molecule has 8 heteroatoms. The second kappa shape index (κ2) is 5.78. The number of carbonyl (C=O) groups excluding carboxylic acids is 2. The molecule has 0 radical (unpaired) electrons. The summed E-state index contributed by atoms with van der Waals surface area (Å²) in [6, 6.07) is 8.88. The van der Waals surface area contributed by atoms with Crippen molar-refractivity contribution in [1.29, 1.82) is 0 Å². The number of nitrogens with zero attached hydrogens (tertiary/aromatic N) is 1. The minimum Gasteiger partial charge on any atom is -0.365 e. The van der Waals surface area contributed by atoms with Gasteiger partial charge in [-0.3, -0.25) is 9.59 Å². The van der Waals surface area contributed by atoms with Crippen LogP contribution in [0.25, 0.3) is 10.8 Å². The first-order valence-corrected chi connectivity index (χ1v) is 11.4. The number of imide groups is 1. The van der Waals surface area contributed by atoms with Gasteiger partial charge >= 0.3 is 10.1 Å². The minimum atomic E-state index is -4.40. The standard InChI is InChI=1S/C22H19NO6S/c1-10-11(2)13-6-9-17(14-5-3-4-12(10)18(13)14)30(26,27)29-23-21(24)19-15-7-8-16(28-15)20(19)22(23)25/h3-11,15-16,19-20H,1-2H3. The molecule has 2 bridgehead atoms. The van der Waals surface area contributed by atoms with E-state index in [1.165, 1.54) is 6.07 Å². The normalized spacial score (nSPS) is 33.9. The molecule has 2 aromatic rings. The van der Waals surface area contributed by atoms with Crippen LogP contribution in [0.5, 0.6) is 0 Å². The van der Waals surface area contributed by atoms with Gasteiger partial charge in [0.2, 0.25) is 0 Å². The van der Waals surface area contributed by atoms with Crippen molar-refractivity contribution in [2.24, 2.45) is 11.8 Å². The summed E-state index contributed by atoms with van der Waals surface area (Å²) in [7, 11) is -4.40. The maximum atomic E-state index is 13.2. The molecule has 0 spiro atoms. The van der Waals surface area contributed by atoms with Crippen molar-refractivity contribution >= 4 is 32.7 Å². The summed E-state index contributed by atoms with van der Waals surface area (Å²) in [6.07, 6.45) is 2.46. The van der Waals surface area contributed by atoms with E-state index in [2.05, 4.69) is 13.8 Å². The average molecular weight is 425 g/mol. The third kappa shape index (κ3) is 2.13. The van der Waals surface area contributed by atoms with Crippen molar-refractivity contribution in [3.63, 3.8) is 0 Å². The average Bonchev–Trinajstić information content (AvgIpc) is 3.46. The largest absolute Gasteiger partial charge is 0.365 e. The maximum absolute atomic E-state index is 13.2. The van der Waals surface area contributed by atoms with Crippen LogP contribution in [0.15, 0.2) is 47.4 Å². The van der Waals surface area contributed by atoms with Crippen LogP contribution in [0.3, 0.4) is 0 Å². The second-order valence-corrected chi connectivity index (χ2v) is 10.00. The molecule has 6 unspecified atom stereocenters. The molecule has 154 valence electrons. The molecule has 7 nitrogen and oxygen atoms in total. The van der Waals surface area contributed by atoms with Crippen molar-refractivity contribution in [3.8, 4) is 0 Å². The van der Waals surface area contributed by atoms with E-state index in [4.69, 9.17) is 9.02 Å². The lowest BCUT2D eigenvalue weighted by atomic mass is 9.85. The molecule has 6 rings (SSSR count). The van der Waals surface area contributed by atoms with Gasteiger partial charge in [-0.1, -0.05) is 50.3 Å². The summed E-state index contributed by atoms with van der Waals surface area (Å²) in [5.74, 6) is -2.25. The summed E-state index contributed by atoms with van der Waals surface area (Å²) >= 11 is 0. The molecule has 30 heavy (non-hydrogen) atoms. The molecule has 4 aliphatic rings. The summed E-state index contributed by atoms with van der Waals surface area (Å²) in [4.78, 5) is 25.5. The van der Waals surface area contributed by atoms with Gasteiger partial charge in [-0.15, -0.1) is 9.35 Å². The molecule has 2 fully saturated rings. The zero-order valence-electron chi connectivity index (χ0n) is 16.3. The molecule has 0 N–H and O–H groups in total. The molecule has 0 aromatic heterocycles. The highest BCUT2D eigenvalue weighted by Gasteiger charge is 2.62. The van der Waals surface area contributed by atoms with Gasteiger partial charge in [-0.05, 0) is 34.4 Å². The van der Waals surface area contributed by atoms with E-state index in [1.807, 2.05) is 12.1 Å². The third-order valence-electron chi connectivity index (χ3n) is 7.11. The van der Waals surface area contributed by atoms with E-state index < -0.39 is 46.0 Å². The Morgan fingerprint density at radius 2 is 1.50 bits per heavy atom. The van der Waals surface area contributed by atoms with E-state index in [0.717, 1.165) is 16.5 Å². The Morgan fingerprint density at radius 1 is 0.900 bits per heavy atom. The van der Waals surface area contributed by atoms with Crippen LogP contribution in [0, 0.1) is 11.8 Å². The molecule has 2 amide bonds. The number of hydroxylamine groups is 2. The Bertz CT molecular complexity index is 1240. The van der Waals surface area contributed by atoms with Crippen molar-refractivity contribution in [2.75, 3.05) is 0 Å². The fraction of sp³-hybridized carbons (Fsp3) is 0.364. The highest BCUT2D eigenvalue weighted by atomic mass is 32.2. The highest BCUT2D eigenvalue weighted by Crippen LogP contribution is 2.48. The second-order valence-electron chi connectivity index (χ2n) is 8.50. The highest BCUT2D eigenvalue weighted by molar-refractivity contribution is 7.87. The van der Waals surface area contributed by atoms with Crippen LogP contribution < -0.4 is 0 Å². The lowest BCUT2D eigenvalue weighted by molar-refractivity contribution is -0.168. The lowest BCUT2D eigenvalue weighted by Gasteiger charge is -2.17. The summed E-state index contributed by atoms with van der Waals surface area (Å²) in [5, 5.41) is 1.88. The van der Waals surface area contributed by atoms with Crippen molar-refractivity contribution in [3.05, 3.63) is 53.6 Å². The predicted octanol–water partition coefficient (Wildman–Crippen LogP) is 2.62. The minimum absolute atomic E-state index is 0.0422. The van der Waals surface area contributed by atoms with Gasteiger partial charge in [0.15, 0.2) is 0 Å². The molecule has 2 aromatic carbocycles. The van der Waals surface area contributed by atoms with Crippen LogP contribution in [-0.4, -0.2) is 37.5 Å². The quantitative estimate of drug-likeness (QED) is 0.555. The first kappa shape index (κ1) is 18.2. The number of fused-ring (bicyclic) bond motifs is 5. The van der Waals surface area contributed by atoms with E-state index in [1.54, 1.807) is 24.3 Å². The molecule has 3 aliphatic heterocycles. The van der Waals surface area contributed by atoms with E-state index in [0.29, 0.717) is 10.4 Å². The molecular weight excluding hydrogens is 406 g/mol. The topological polar surface area (TPSA) is 90.0 Å². The maximum Gasteiger partial charge on any atom is 0.318 e. The van der Waals surface area contributed by atoms with Gasteiger partial charge in [0.05, 0.1) is 24.0 Å². The Kier molecular flexibility index (Phi) is 3.51. The lowest BCUT2D eigenvalue weighted by Crippen LogP contribution is -2.36. The van der Waals surface area contributed by atoms with Crippen molar-refractivity contribution in [1.82, 2.24) is 5.06 Å². The van der Waals surface area contributed by atoms with Gasteiger partial charge in [-0.2, -0.15) is 8.42 Å². The van der Waals surface area contributed by atoms with Gasteiger partial charge in [0, 0.05) is 5.39 Å². The molecule has 3 heterocycles. The first-order chi connectivity index (χ1) is 14.3. The molecule has 0 saturated carbocycles. The number of rotatable bonds is 3. The molecular formula is C22H19NO6S. The molecule has 2 saturated heterocycles. The zero-order valence-corrected chi connectivity index (χ0v) is 17.1. The number of carbonyl (C=O) groups is 2. The number of hydrogen-bond acceptors (Lipinski definition) is 6. The fourth-order valence-electron chi connectivity index (χ4n) is 5.44. The summed E-state index contributed by atoms with van der Waals surface area (Å²) < 4.78 is 37.1. The monoisotopic (exact) mass is 425 g/mol. The van der Waals surface area contributed by atoms with Crippen LogP contribution in [0.1, 0.15) is 36.8 Å². The number of ether oxygens (including phenoxy) is 1. The first-order valence-electron chi connectivity index (χ1n) is 10.0. The smallest absolute Gasteiger partial charge is 0.318 e. The van der Waals surface area contributed by atoms with Crippen LogP contribution in [-0.2, 0) is 28.7 Å².